The Morgan fingerprint density at radius 2 is 1.56 bits per heavy atom. The first-order valence-electron chi connectivity index (χ1n) is 6.73. The van der Waals surface area contributed by atoms with Crippen LogP contribution in [0, 0.1) is 0 Å². The highest BCUT2D eigenvalue weighted by Gasteiger charge is 2.01. The Labute approximate surface area is 111 Å². The highest BCUT2D eigenvalue weighted by Crippen LogP contribution is 2.08. The number of carbonyl (C=O) groups is 1. The van der Waals surface area contributed by atoms with Crippen molar-refractivity contribution in [2.24, 2.45) is 0 Å². The van der Waals surface area contributed by atoms with Gasteiger partial charge in [-0.2, -0.15) is 0 Å². The van der Waals surface area contributed by atoms with E-state index in [1.807, 2.05) is 6.92 Å². The van der Waals surface area contributed by atoms with Crippen molar-refractivity contribution < 1.29 is 9.90 Å². The molecule has 0 aromatic rings. The van der Waals surface area contributed by atoms with Crippen LogP contribution < -0.4 is 0 Å². The van der Waals surface area contributed by atoms with E-state index >= 15 is 0 Å². The first-order chi connectivity index (χ1) is 8.66. The van der Waals surface area contributed by atoms with Crippen molar-refractivity contribution >= 4 is 6.29 Å². The minimum Gasteiger partial charge on any atom is -0.393 e. The molecule has 0 aromatic heterocycles. The monoisotopic (exact) mass is 250 g/mol. The second-order valence-electron chi connectivity index (χ2n) is 4.66. The van der Waals surface area contributed by atoms with E-state index in [9.17, 15) is 9.90 Å². The molecular weight excluding hydrogens is 224 g/mol. The van der Waals surface area contributed by atoms with E-state index in [0.29, 0.717) is 12.8 Å². The molecule has 1 atom stereocenters. The van der Waals surface area contributed by atoms with Gasteiger partial charge in [0.15, 0.2) is 0 Å². The van der Waals surface area contributed by atoms with Gasteiger partial charge in [0.2, 0.25) is 0 Å². The van der Waals surface area contributed by atoms with Gasteiger partial charge >= 0.3 is 0 Å². The molecule has 0 bridgehead atoms. The number of allylic oxidation sites excluding steroid dienone is 4. The molecule has 0 aromatic carbocycles. The Morgan fingerprint density at radius 1 is 1.06 bits per heavy atom. The molecule has 0 aliphatic carbocycles. The summed E-state index contributed by atoms with van der Waals surface area (Å²) in [5.41, 5.74) is 1.03. The summed E-state index contributed by atoms with van der Waals surface area (Å²) < 4.78 is 0. The van der Waals surface area contributed by atoms with Gasteiger partial charge in [0.05, 0.1) is 6.10 Å². The maximum Gasteiger partial charge on any atom is 0.120 e. The predicted octanol–water partition coefficient (Wildman–Crippen LogP) is 3.97. The maximum absolute atomic E-state index is 10.1. The summed E-state index contributed by atoms with van der Waals surface area (Å²) in [5.74, 6) is 0. The van der Waals surface area contributed by atoms with Crippen LogP contribution in [0.25, 0.3) is 0 Å². The van der Waals surface area contributed by atoms with E-state index in [1.54, 1.807) is 0 Å². The number of unbranched alkanes of at least 4 members (excludes halogenated alkanes) is 2. The highest BCUT2D eigenvalue weighted by molar-refractivity contribution is 5.49. The molecule has 2 heteroatoms. The fourth-order valence-electron chi connectivity index (χ4n) is 1.62. The summed E-state index contributed by atoms with van der Waals surface area (Å²) in [6.07, 6.45) is 15.1. The summed E-state index contributed by atoms with van der Waals surface area (Å²) in [5, 5.41) is 9.61. The van der Waals surface area contributed by atoms with Gasteiger partial charge in [0.1, 0.15) is 6.29 Å². The molecule has 18 heavy (non-hydrogen) atoms. The summed E-state index contributed by atoms with van der Waals surface area (Å²) in [7, 11) is 0. The van der Waals surface area contributed by atoms with Gasteiger partial charge in [-0.25, -0.2) is 0 Å². The second kappa shape index (κ2) is 12.3. The summed E-state index contributed by atoms with van der Waals surface area (Å²) >= 11 is 0. The molecule has 102 valence electrons. The third kappa shape index (κ3) is 12.9. The smallest absolute Gasteiger partial charge is 0.120 e. The molecule has 1 N–H and O–H groups in total. The zero-order valence-corrected chi connectivity index (χ0v) is 11.5. The molecule has 1 unspecified atom stereocenters. The van der Waals surface area contributed by atoms with E-state index in [2.05, 4.69) is 30.9 Å². The molecule has 0 aliphatic rings. The number of hydrogen-bond donors (Lipinski definition) is 1. The van der Waals surface area contributed by atoms with E-state index in [-0.39, 0.29) is 6.10 Å². The van der Waals surface area contributed by atoms with Gasteiger partial charge in [-0.1, -0.05) is 29.9 Å². The van der Waals surface area contributed by atoms with Crippen LogP contribution in [-0.2, 0) is 4.79 Å². The lowest BCUT2D eigenvalue weighted by Crippen LogP contribution is -2.05. The minimum atomic E-state index is -0.254. The Hall–Kier alpha value is -1.15. The fourth-order valence-corrected chi connectivity index (χ4v) is 1.62. The molecule has 0 heterocycles. The van der Waals surface area contributed by atoms with Crippen molar-refractivity contribution in [1.82, 2.24) is 0 Å². The zero-order valence-electron chi connectivity index (χ0n) is 11.5. The van der Waals surface area contributed by atoms with Crippen LogP contribution in [0.4, 0.5) is 0 Å². The predicted molar refractivity (Wildman–Crippen MR) is 77.5 cm³/mol. The lowest BCUT2D eigenvalue weighted by atomic mass is 10.1. The quantitative estimate of drug-likeness (QED) is 0.342. The largest absolute Gasteiger partial charge is 0.393 e. The SMILES string of the molecule is C=C(C)CC(O)CC/C=C/CC/C=C/CCC=O. The lowest BCUT2D eigenvalue weighted by molar-refractivity contribution is -0.107. The Bertz CT molecular complexity index is 277. The molecule has 0 amide bonds. The van der Waals surface area contributed by atoms with Gasteiger partial charge < -0.3 is 9.90 Å². The average Bonchev–Trinajstić information content (AvgIpc) is 2.30. The van der Waals surface area contributed by atoms with Crippen LogP contribution in [-0.4, -0.2) is 17.5 Å². The van der Waals surface area contributed by atoms with Gasteiger partial charge in [-0.3, -0.25) is 0 Å². The van der Waals surface area contributed by atoms with Crippen LogP contribution in [0.3, 0.4) is 0 Å². The number of carbonyl (C=O) groups excluding carboxylic acids is 1. The minimum absolute atomic E-state index is 0.254. The summed E-state index contributed by atoms with van der Waals surface area (Å²) in [4.78, 5) is 10.1. The molecule has 0 saturated carbocycles. The van der Waals surface area contributed by atoms with Gasteiger partial charge in [-0.05, 0) is 45.4 Å². The van der Waals surface area contributed by atoms with Crippen molar-refractivity contribution in [3.63, 3.8) is 0 Å². The normalized spacial score (nSPS) is 13.2. The molecule has 0 spiro atoms. The first kappa shape index (κ1) is 16.9. The molecule has 0 fully saturated rings. The number of aldehydes is 1. The van der Waals surface area contributed by atoms with Gasteiger partial charge in [0, 0.05) is 6.42 Å². The van der Waals surface area contributed by atoms with Crippen molar-refractivity contribution in [3.05, 3.63) is 36.5 Å². The van der Waals surface area contributed by atoms with Crippen LogP contribution in [0.15, 0.2) is 36.5 Å². The molecule has 0 rings (SSSR count). The first-order valence-corrected chi connectivity index (χ1v) is 6.73. The zero-order chi connectivity index (χ0) is 13.6. The number of hydrogen-bond acceptors (Lipinski definition) is 2. The van der Waals surface area contributed by atoms with Crippen molar-refractivity contribution in [3.8, 4) is 0 Å². The van der Waals surface area contributed by atoms with Gasteiger partial charge in [-0.15, -0.1) is 6.58 Å². The van der Waals surface area contributed by atoms with Crippen LogP contribution in [0.5, 0.6) is 0 Å². The molecular formula is C16H26O2. The molecule has 0 aliphatic heterocycles. The standard InChI is InChI=1S/C16H26O2/c1-15(2)14-16(18)12-10-8-6-4-3-5-7-9-11-13-17/h5-8,13,16,18H,1,3-4,9-12,14H2,2H3/b7-5+,8-6+. The van der Waals surface area contributed by atoms with Crippen LogP contribution >= 0.6 is 0 Å². The summed E-state index contributed by atoms with van der Waals surface area (Å²) in [6.45, 7) is 5.73. The van der Waals surface area contributed by atoms with E-state index in [4.69, 9.17) is 0 Å². The molecule has 0 radical (unpaired) electrons. The van der Waals surface area contributed by atoms with Crippen molar-refractivity contribution in [2.45, 2.75) is 58.0 Å². The molecule has 0 saturated heterocycles. The Kier molecular flexibility index (Phi) is 11.5. The third-order valence-electron chi connectivity index (χ3n) is 2.54. The van der Waals surface area contributed by atoms with Crippen LogP contribution in [0.1, 0.15) is 51.9 Å². The Balaban J connectivity index is 3.40. The number of aliphatic hydroxyl groups is 1. The van der Waals surface area contributed by atoms with E-state index in [0.717, 1.165) is 44.0 Å². The van der Waals surface area contributed by atoms with Gasteiger partial charge in [0.25, 0.3) is 0 Å². The van der Waals surface area contributed by atoms with Crippen LogP contribution in [0.2, 0.25) is 0 Å². The Morgan fingerprint density at radius 3 is 2.06 bits per heavy atom. The number of rotatable bonds is 11. The second-order valence-corrected chi connectivity index (χ2v) is 4.66. The summed E-state index contributed by atoms with van der Waals surface area (Å²) in [6, 6.07) is 0. The topological polar surface area (TPSA) is 37.3 Å². The maximum atomic E-state index is 10.1. The fraction of sp³-hybridized carbons (Fsp3) is 0.562. The number of aliphatic hydroxyl groups excluding tert-OH is 1. The highest BCUT2D eigenvalue weighted by atomic mass is 16.3. The molecule has 2 nitrogen and oxygen atoms in total. The van der Waals surface area contributed by atoms with Crippen molar-refractivity contribution in [1.29, 1.82) is 0 Å². The van der Waals surface area contributed by atoms with E-state index < -0.39 is 0 Å². The van der Waals surface area contributed by atoms with E-state index in [1.165, 1.54) is 0 Å². The third-order valence-corrected chi connectivity index (χ3v) is 2.54. The average molecular weight is 250 g/mol. The van der Waals surface area contributed by atoms with Crippen molar-refractivity contribution in [2.75, 3.05) is 0 Å². The lowest BCUT2D eigenvalue weighted by Gasteiger charge is -2.07.